The Balaban J connectivity index is 2.06. The number of amides is 1. The van der Waals surface area contributed by atoms with Crippen LogP contribution in [0.1, 0.15) is 56.8 Å². The molecule has 3 rings (SSSR count). The smallest absolute Gasteiger partial charge is 0.295 e. The van der Waals surface area contributed by atoms with Gasteiger partial charge in [-0.25, -0.2) is 0 Å². The van der Waals surface area contributed by atoms with Gasteiger partial charge in [0.25, 0.3) is 11.7 Å². The van der Waals surface area contributed by atoms with Crippen molar-refractivity contribution < 1.29 is 24.2 Å². The number of hydrogen-bond acceptors (Lipinski definition) is 5. The van der Waals surface area contributed by atoms with E-state index in [4.69, 9.17) is 9.47 Å². The number of nitrogens with zero attached hydrogens (tertiary/aromatic N) is 1. The summed E-state index contributed by atoms with van der Waals surface area (Å²) < 4.78 is 11.3. The predicted molar refractivity (Wildman–Crippen MR) is 128 cm³/mol. The fourth-order valence-corrected chi connectivity index (χ4v) is 3.89. The number of aryl methyl sites for hydroxylation is 1. The molecule has 1 saturated heterocycles. The van der Waals surface area contributed by atoms with E-state index in [2.05, 4.69) is 6.92 Å². The molecule has 1 aliphatic rings. The minimum Gasteiger partial charge on any atom is -0.507 e. The van der Waals surface area contributed by atoms with Gasteiger partial charge in [0, 0.05) is 12.1 Å². The fraction of sp³-hybridized carbons (Fsp3) is 0.407. The average Bonchev–Trinajstić information content (AvgIpc) is 3.07. The molecule has 176 valence electrons. The molecule has 0 bridgehead atoms. The van der Waals surface area contributed by atoms with E-state index in [1.54, 1.807) is 24.3 Å². The van der Waals surface area contributed by atoms with E-state index in [1.165, 1.54) is 4.90 Å². The molecule has 0 aromatic heterocycles. The van der Waals surface area contributed by atoms with Crippen molar-refractivity contribution in [1.29, 1.82) is 0 Å². The Bertz CT molecular complexity index is 1010. The molecule has 1 aliphatic heterocycles. The summed E-state index contributed by atoms with van der Waals surface area (Å²) in [5, 5.41) is 11.2. The number of rotatable bonds is 10. The second kappa shape index (κ2) is 11.1. The zero-order valence-corrected chi connectivity index (χ0v) is 19.8. The lowest BCUT2D eigenvalue weighted by Crippen LogP contribution is -2.33. The van der Waals surface area contributed by atoms with Crippen LogP contribution in [0.3, 0.4) is 0 Å². The maximum absolute atomic E-state index is 13.1. The van der Waals surface area contributed by atoms with Crippen LogP contribution in [0.25, 0.3) is 5.76 Å². The molecule has 2 aromatic carbocycles. The molecule has 2 aromatic rings. The van der Waals surface area contributed by atoms with Gasteiger partial charge in [-0.3, -0.25) is 9.59 Å². The molecule has 6 heteroatoms. The average molecular weight is 452 g/mol. The fourth-order valence-electron chi connectivity index (χ4n) is 3.89. The van der Waals surface area contributed by atoms with Crippen molar-refractivity contribution >= 4 is 17.4 Å². The molecule has 0 aliphatic carbocycles. The van der Waals surface area contributed by atoms with E-state index < -0.39 is 17.7 Å². The summed E-state index contributed by atoms with van der Waals surface area (Å²) >= 11 is 0. The van der Waals surface area contributed by atoms with Crippen LogP contribution >= 0.6 is 0 Å². The third kappa shape index (κ3) is 5.63. The summed E-state index contributed by atoms with van der Waals surface area (Å²) in [5.74, 6) is -0.926. The molecule has 0 spiro atoms. The highest BCUT2D eigenvalue weighted by molar-refractivity contribution is 6.46. The minimum atomic E-state index is -0.693. The van der Waals surface area contributed by atoms with Gasteiger partial charge in [0.1, 0.15) is 11.5 Å². The van der Waals surface area contributed by atoms with Gasteiger partial charge in [-0.2, -0.15) is 0 Å². The van der Waals surface area contributed by atoms with Gasteiger partial charge in [-0.15, -0.1) is 0 Å². The summed E-state index contributed by atoms with van der Waals surface area (Å²) in [6, 6.07) is 14.1. The first kappa shape index (κ1) is 24.5. The van der Waals surface area contributed by atoms with Gasteiger partial charge in [0.2, 0.25) is 0 Å². The van der Waals surface area contributed by atoms with Crippen molar-refractivity contribution in [3.05, 3.63) is 70.8 Å². The monoisotopic (exact) mass is 451 g/mol. The van der Waals surface area contributed by atoms with E-state index in [0.29, 0.717) is 24.5 Å². The van der Waals surface area contributed by atoms with Crippen LogP contribution in [-0.4, -0.2) is 47.6 Å². The van der Waals surface area contributed by atoms with Crippen molar-refractivity contribution in [2.75, 3.05) is 19.8 Å². The Morgan fingerprint density at radius 2 is 1.79 bits per heavy atom. The van der Waals surface area contributed by atoms with Crippen LogP contribution in [0.5, 0.6) is 5.75 Å². The number of carbonyl (C=O) groups excluding carboxylic acids is 2. The number of Topliss-reactive ketones (excluding diaryl/α,β-unsaturated/α-hetero) is 1. The lowest BCUT2D eigenvalue weighted by molar-refractivity contribution is -0.140. The second-order valence-electron chi connectivity index (χ2n) is 8.38. The number of ketones is 1. The van der Waals surface area contributed by atoms with Crippen LogP contribution in [-0.2, 0) is 20.7 Å². The lowest BCUT2D eigenvalue weighted by Gasteiger charge is -2.26. The van der Waals surface area contributed by atoms with E-state index in [0.717, 1.165) is 24.0 Å². The third-order valence-electron chi connectivity index (χ3n) is 5.61. The number of carbonyl (C=O) groups is 2. The number of hydrogen-bond donors (Lipinski definition) is 1. The van der Waals surface area contributed by atoms with E-state index in [9.17, 15) is 14.7 Å². The van der Waals surface area contributed by atoms with E-state index in [-0.39, 0.29) is 24.0 Å². The summed E-state index contributed by atoms with van der Waals surface area (Å²) in [6.45, 7) is 9.02. The molecule has 1 atom stereocenters. The summed E-state index contributed by atoms with van der Waals surface area (Å²) in [4.78, 5) is 27.6. The first-order valence-electron chi connectivity index (χ1n) is 11.6. The Morgan fingerprint density at radius 3 is 2.42 bits per heavy atom. The Kier molecular flexibility index (Phi) is 8.28. The maximum Gasteiger partial charge on any atom is 0.295 e. The van der Waals surface area contributed by atoms with Crippen LogP contribution < -0.4 is 4.74 Å². The Morgan fingerprint density at radius 1 is 1.06 bits per heavy atom. The largest absolute Gasteiger partial charge is 0.507 e. The first-order valence-corrected chi connectivity index (χ1v) is 11.6. The van der Waals surface area contributed by atoms with E-state index in [1.807, 2.05) is 45.0 Å². The quantitative estimate of drug-likeness (QED) is 0.316. The van der Waals surface area contributed by atoms with Crippen LogP contribution in [0.4, 0.5) is 0 Å². The number of likely N-dealkylation sites (tertiary alicyclic amines) is 1. The predicted octanol–water partition coefficient (Wildman–Crippen LogP) is 4.88. The highest BCUT2D eigenvalue weighted by Gasteiger charge is 2.45. The lowest BCUT2D eigenvalue weighted by atomic mass is 9.94. The molecule has 33 heavy (non-hydrogen) atoms. The highest BCUT2D eigenvalue weighted by atomic mass is 16.5. The van der Waals surface area contributed by atoms with Crippen molar-refractivity contribution in [2.45, 2.75) is 52.7 Å². The molecular weight excluding hydrogens is 418 g/mol. The SMILES string of the molecule is CCCOc1cccc(/C(O)=C2/C(=O)C(=O)N(CCOC(C)C)C2c2ccc(CC)cc2)c1. The van der Waals surface area contributed by atoms with Crippen molar-refractivity contribution in [2.24, 2.45) is 0 Å². The molecule has 1 fully saturated rings. The van der Waals surface area contributed by atoms with Crippen LogP contribution in [0.15, 0.2) is 54.1 Å². The number of aliphatic hydroxyl groups excluding tert-OH is 1. The highest BCUT2D eigenvalue weighted by Crippen LogP contribution is 2.39. The molecule has 1 amide bonds. The third-order valence-corrected chi connectivity index (χ3v) is 5.61. The molecule has 6 nitrogen and oxygen atoms in total. The van der Waals surface area contributed by atoms with Gasteiger partial charge >= 0.3 is 0 Å². The standard InChI is InChI=1S/C27H33NO5/c1-5-15-33-22-9-7-8-21(17-22)25(29)23-24(20-12-10-19(6-2)11-13-20)28(27(31)26(23)30)14-16-32-18(3)4/h7-13,17-18,24,29H,5-6,14-16H2,1-4H3/b25-23-. The summed E-state index contributed by atoms with van der Waals surface area (Å²) in [6.07, 6.45) is 1.75. The number of aliphatic hydroxyl groups is 1. The van der Waals surface area contributed by atoms with Crippen LogP contribution in [0, 0.1) is 0 Å². The molecule has 0 saturated carbocycles. The van der Waals surface area contributed by atoms with Crippen molar-refractivity contribution in [3.8, 4) is 5.75 Å². The molecule has 1 heterocycles. The van der Waals surface area contributed by atoms with Gasteiger partial charge in [0.15, 0.2) is 0 Å². The van der Waals surface area contributed by atoms with E-state index >= 15 is 0 Å². The van der Waals surface area contributed by atoms with Gasteiger partial charge in [0.05, 0.1) is 30.9 Å². The summed E-state index contributed by atoms with van der Waals surface area (Å²) in [7, 11) is 0. The minimum absolute atomic E-state index is 0.00923. The topological polar surface area (TPSA) is 76.1 Å². The van der Waals surface area contributed by atoms with Crippen molar-refractivity contribution in [1.82, 2.24) is 4.90 Å². The number of ether oxygens (including phenoxy) is 2. The maximum atomic E-state index is 13.1. The first-order chi connectivity index (χ1) is 15.9. The zero-order valence-electron chi connectivity index (χ0n) is 19.8. The molecule has 1 unspecified atom stereocenters. The van der Waals surface area contributed by atoms with Crippen LogP contribution in [0.2, 0.25) is 0 Å². The number of benzene rings is 2. The molecular formula is C27H33NO5. The van der Waals surface area contributed by atoms with Gasteiger partial charge in [-0.1, -0.05) is 50.2 Å². The van der Waals surface area contributed by atoms with Gasteiger partial charge < -0.3 is 19.5 Å². The second-order valence-corrected chi connectivity index (χ2v) is 8.38. The van der Waals surface area contributed by atoms with Gasteiger partial charge in [-0.05, 0) is 49.9 Å². The summed E-state index contributed by atoms with van der Waals surface area (Å²) in [5.41, 5.74) is 2.45. The Hall–Kier alpha value is -3.12. The normalized spacial score (nSPS) is 17.7. The van der Waals surface area contributed by atoms with Crippen molar-refractivity contribution in [3.63, 3.8) is 0 Å². The zero-order chi connectivity index (χ0) is 24.0. The molecule has 0 radical (unpaired) electrons. The Labute approximate surface area is 195 Å². The molecule has 1 N–H and O–H groups in total.